The number of alkyl halides is 3. The van der Waals surface area contributed by atoms with Crippen LogP contribution in [-0.4, -0.2) is 4.98 Å². The molecule has 1 atom stereocenters. The van der Waals surface area contributed by atoms with Gasteiger partial charge in [0.25, 0.3) is 0 Å². The number of thioether (sulfide) groups is 1. The SMILES string of the molecule is N#C[C@@H](Sc1ncc(C(F)(F)F)cc1Cl)c1ccc(Cl)cc1Cl. The van der Waals surface area contributed by atoms with Crippen LogP contribution >= 0.6 is 46.6 Å². The second-order valence-electron chi connectivity index (χ2n) is 4.30. The summed E-state index contributed by atoms with van der Waals surface area (Å²) in [6, 6.07) is 7.40. The molecule has 1 aromatic heterocycles. The Morgan fingerprint density at radius 2 is 1.83 bits per heavy atom. The van der Waals surface area contributed by atoms with Crippen LogP contribution in [0.3, 0.4) is 0 Å². The number of nitrogens with zero attached hydrogens (tertiary/aromatic N) is 2. The Labute approximate surface area is 149 Å². The summed E-state index contributed by atoms with van der Waals surface area (Å²) < 4.78 is 37.8. The van der Waals surface area contributed by atoms with Crippen LogP contribution in [-0.2, 0) is 6.18 Å². The van der Waals surface area contributed by atoms with E-state index in [1.54, 1.807) is 12.1 Å². The van der Waals surface area contributed by atoms with Gasteiger partial charge in [0, 0.05) is 16.2 Å². The van der Waals surface area contributed by atoms with Crippen LogP contribution < -0.4 is 0 Å². The maximum atomic E-state index is 12.6. The molecule has 0 aliphatic carbocycles. The molecule has 1 aromatic carbocycles. The summed E-state index contributed by atoms with van der Waals surface area (Å²) in [5.41, 5.74) is -0.480. The van der Waals surface area contributed by atoms with Crippen LogP contribution in [0.5, 0.6) is 0 Å². The standard InChI is InChI=1S/C14H6Cl3F3N2S/c15-8-1-2-9(10(16)4-8)12(5-21)23-13-11(17)3-7(6-22-13)14(18,19)20/h1-4,6,12H/t12-/m1/s1. The van der Waals surface area contributed by atoms with Crippen molar-refractivity contribution >= 4 is 46.6 Å². The summed E-state index contributed by atoms with van der Waals surface area (Å²) >= 11 is 18.6. The highest BCUT2D eigenvalue weighted by atomic mass is 35.5. The van der Waals surface area contributed by atoms with Gasteiger partial charge in [-0.05, 0) is 23.8 Å². The van der Waals surface area contributed by atoms with E-state index < -0.39 is 17.0 Å². The molecule has 2 rings (SSSR count). The molecule has 0 amide bonds. The van der Waals surface area contributed by atoms with Crippen molar-refractivity contribution in [3.8, 4) is 6.07 Å². The first kappa shape index (κ1) is 18.2. The highest BCUT2D eigenvalue weighted by Crippen LogP contribution is 2.41. The second kappa shape index (κ2) is 7.18. The van der Waals surface area contributed by atoms with Gasteiger partial charge in [0.05, 0.1) is 16.7 Å². The third-order valence-electron chi connectivity index (χ3n) is 2.73. The van der Waals surface area contributed by atoms with Crippen LogP contribution in [0.25, 0.3) is 0 Å². The minimum absolute atomic E-state index is 0.109. The molecule has 2 nitrogen and oxygen atoms in total. The topological polar surface area (TPSA) is 36.7 Å². The third-order valence-corrected chi connectivity index (χ3v) is 4.83. The van der Waals surface area contributed by atoms with E-state index in [2.05, 4.69) is 4.98 Å². The van der Waals surface area contributed by atoms with Crippen molar-refractivity contribution in [1.29, 1.82) is 5.26 Å². The fourth-order valence-electron chi connectivity index (χ4n) is 1.65. The molecule has 0 aliphatic rings. The highest BCUT2D eigenvalue weighted by molar-refractivity contribution is 7.99. The van der Waals surface area contributed by atoms with E-state index >= 15 is 0 Å². The molecule has 0 fully saturated rings. The molecular weight excluding hydrogens is 392 g/mol. The lowest BCUT2D eigenvalue weighted by atomic mass is 10.1. The van der Waals surface area contributed by atoms with Gasteiger partial charge >= 0.3 is 6.18 Å². The van der Waals surface area contributed by atoms with Crippen LogP contribution in [0.15, 0.2) is 35.5 Å². The monoisotopic (exact) mass is 396 g/mol. The molecule has 1 heterocycles. The molecule has 0 unspecified atom stereocenters. The van der Waals surface area contributed by atoms with Crippen molar-refractivity contribution < 1.29 is 13.2 Å². The molecule has 9 heteroatoms. The van der Waals surface area contributed by atoms with E-state index in [9.17, 15) is 18.4 Å². The minimum atomic E-state index is -4.53. The van der Waals surface area contributed by atoms with Gasteiger partial charge in [-0.2, -0.15) is 18.4 Å². The van der Waals surface area contributed by atoms with E-state index in [-0.39, 0.29) is 15.1 Å². The summed E-state index contributed by atoms with van der Waals surface area (Å²) in [5.74, 6) is 0. The number of hydrogen-bond acceptors (Lipinski definition) is 3. The molecule has 0 bridgehead atoms. The van der Waals surface area contributed by atoms with Crippen molar-refractivity contribution in [2.45, 2.75) is 16.5 Å². The third kappa shape index (κ3) is 4.45. The van der Waals surface area contributed by atoms with Crippen molar-refractivity contribution in [3.63, 3.8) is 0 Å². The van der Waals surface area contributed by atoms with Crippen LogP contribution in [0.1, 0.15) is 16.4 Å². The summed E-state index contributed by atoms with van der Waals surface area (Å²) in [6.07, 6.45) is -3.86. The number of nitriles is 1. The zero-order chi connectivity index (χ0) is 17.2. The summed E-state index contributed by atoms with van der Waals surface area (Å²) in [6.45, 7) is 0. The van der Waals surface area contributed by atoms with Crippen molar-refractivity contribution in [2.24, 2.45) is 0 Å². The number of aromatic nitrogens is 1. The van der Waals surface area contributed by atoms with Gasteiger partial charge in [-0.15, -0.1) is 0 Å². The largest absolute Gasteiger partial charge is 0.417 e. The van der Waals surface area contributed by atoms with Crippen LogP contribution in [0, 0.1) is 11.3 Å². The molecule has 23 heavy (non-hydrogen) atoms. The first-order chi connectivity index (χ1) is 10.7. The van der Waals surface area contributed by atoms with E-state index in [1.807, 2.05) is 6.07 Å². The second-order valence-corrected chi connectivity index (χ2v) is 6.65. The predicted molar refractivity (Wildman–Crippen MR) is 84.9 cm³/mol. The molecule has 0 aliphatic heterocycles. The zero-order valence-electron chi connectivity index (χ0n) is 11.0. The number of pyridine rings is 1. The lowest BCUT2D eigenvalue weighted by Crippen LogP contribution is -2.06. The Morgan fingerprint density at radius 1 is 1.13 bits per heavy atom. The van der Waals surface area contributed by atoms with Gasteiger partial charge in [0.2, 0.25) is 0 Å². The number of hydrogen-bond donors (Lipinski definition) is 0. The van der Waals surface area contributed by atoms with Gasteiger partial charge < -0.3 is 0 Å². The van der Waals surface area contributed by atoms with Gasteiger partial charge in [0.15, 0.2) is 0 Å². The highest BCUT2D eigenvalue weighted by Gasteiger charge is 2.32. The molecule has 0 saturated heterocycles. The number of rotatable bonds is 3. The average molecular weight is 398 g/mol. The lowest BCUT2D eigenvalue weighted by molar-refractivity contribution is -0.137. The fraction of sp³-hybridized carbons (Fsp3) is 0.143. The Bertz CT molecular complexity index is 775. The Morgan fingerprint density at radius 3 is 2.35 bits per heavy atom. The summed E-state index contributed by atoms with van der Waals surface area (Å²) in [5, 5.41) is 9.12. The number of benzene rings is 1. The summed E-state index contributed by atoms with van der Waals surface area (Å²) in [7, 11) is 0. The smallest absolute Gasteiger partial charge is 0.248 e. The van der Waals surface area contributed by atoms with Gasteiger partial charge in [0.1, 0.15) is 10.3 Å². The Balaban J connectivity index is 2.31. The van der Waals surface area contributed by atoms with E-state index in [4.69, 9.17) is 34.8 Å². The average Bonchev–Trinajstić information content (AvgIpc) is 2.46. The van der Waals surface area contributed by atoms with Crippen LogP contribution in [0.4, 0.5) is 13.2 Å². The Kier molecular flexibility index (Phi) is 5.69. The summed E-state index contributed by atoms with van der Waals surface area (Å²) in [4.78, 5) is 3.70. The van der Waals surface area contributed by atoms with E-state index in [1.165, 1.54) is 6.07 Å². The van der Waals surface area contributed by atoms with Crippen molar-refractivity contribution in [2.75, 3.05) is 0 Å². The maximum absolute atomic E-state index is 12.6. The lowest BCUT2D eigenvalue weighted by Gasteiger charge is -2.13. The zero-order valence-corrected chi connectivity index (χ0v) is 14.1. The molecule has 0 saturated carbocycles. The molecule has 0 radical (unpaired) electrons. The van der Waals surface area contributed by atoms with E-state index in [0.717, 1.165) is 17.8 Å². The quantitative estimate of drug-likeness (QED) is 0.561. The van der Waals surface area contributed by atoms with Crippen LogP contribution in [0.2, 0.25) is 15.1 Å². The molecule has 120 valence electrons. The molecule has 0 spiro atoms. The van der Waals surface area contributed by atoms with Crippen molar-refractivity contribution in [1.82, 2.24) is 4.98 Å². The maximum Gasteiger partial charge on any atom is 0.417 e. The molecular formula is C14H6Cl3F3N2S. The van der Waals surface area contributed by atoms with Gasteiger partial charge in [-0.3, -0.25) is 0 Å². The first-order valence-electron chi connectivity index (χ1n) is 5.96. The van der Waals surface area contributed by atoms with Gasteiger partial charge in [-0.25, -0.2) is 4.98 Å². The fourth-order valence-corrected chi connectivity index (χ4v) is 3.43. The number of halogens is 6. The molecule has 0 N–H and O–H groups in total. The van der Waals surface area contributed by atoms with Gasteiger partial charge in [-0.1, -0.05) is 52.6 Å². The Hall–Kier alpha value is -1.13. The minimum Gasteiger partial charge on any atom is -0.248 e. The molecule has 2 aromatic rings. The van der Waals surface area contributed by atoms with E-state index in [0.29, 0.717) is 16.8 Å². The first-order valence-corrected chi connectivity index (χ1v) is 7.97. The van der Waals surface area contributed by atoms with Crippen molar-refractivity contribution in [3.05, 3.63) is 56.7 Å². The normalized spacial score (nSPS) is 12.7. The predicted octanol–water partition coefficient (Wildman–Crippen LogP) is 6.42.